The van der Waals surface area contributed by atoms with Gasteiger partial charge in [-0.25, -0.2) is 9.37 Å². The molecule has 0 unspecified atom stereocenters. The van der Waals surface area contributed by atoms with E-state index in [1.54, 1.807) is 25.1 Å². The second kappa shape index (κ2) is 5.32. The van der Waals surface area contributed by atoms with E-state index in [4.69, 9.17) is 11.6 Å². The van der Waals surface area contributed by atoms with Gasteiger partial charge in [0.05, 0.1) is 16.3 Å². The van der Waals surface area contributed by atoms with Gasteiger partial charge in [-0.1, -0.05) is 23.7 Å². The van der Waals surface area contributed by atoms with Crippen LogP contribution >= 0.6 is 11.6 Å². The highest BCUT2D eigenvalue weighted by Gasteiger charge is 2.17. The van der Waals surface area contributed by atoms with Crippen molar-refractivity contribution in [1.29, 1.82) is 0 Å². The van der Waals surface area contributed by atoms with Crippen LogP contribution in [-0.4, -0.2) is 10.9 Å². The Morgan fingerprint density at radius 2 is 2.05 bits per heavy atom. The van der Waals surface area contributed by atoms with E-state index in [0.29, 0.717) is 10.7 Å². The molecule has 0 aliphatic carbocycles. The Labute approximate surface area is 113 Å². The van der Waals surface area contributed by atoms with Gasteiger partial charge in [0.1, 0.15) is 0 Å². The van der Waals surface area contributed by atoms with Crippen molar-refractivity contribution in [2.45, 2.75) is 6.92 Å². The number of nitrogens with zero attached hydrogens (tertiary/aromatic N) is 1. The fourth-order valence-electron chi connectivity index (χ4n) is 1.53. The van der Waals surface area contributed by atoms with Crippen LogP contribution in [0.25, 0.3) is 0 Å². The van der Waals surface area contributed by atoms with Gasteiger partial charge in [-0.2, -0.15) is 4.39 Å². The van der Waals surface area contributed by atoms with Crippen LogP contribution in [0.4, 0.5) is 14.5 Å². The quantitative estimate of drug-likeness (QED) is 0.856. The van der Waals surface area contributed by atoms with Gasteiger partial charge in [0, 0.05) is 6.20 Å². The zero-order valence-corrected chi connectivity index (χ0v) is 10.6. The maximum atomic E-state index is 13.4. The Bertz CT molecular complexity index is 647. The van der Waals surface area contributed by atoms with Gasteiger partial charge in [0.25, 0.3) is 5.91 Å². The number of anilines is 1. The molecule has 0 saturated carbocycles. The van der Waals surface area contributed by atoms with Gasteiger partial charge in [-0.05, 0) is 24.6 Å². The first kappa shape index (κ1) is 13.4. The summed E-state index contributed by atoms with van der Waals surface area (Å²) in [6, 6.07) is 6.13. The van der Waals surface area contributed by atoms with Crippen molar-refractivity contribution in [1.82, 2.24) is 4.98 Å². The molecular weight excluding hydrogens is 274 g/mol. The molecule has 0 bridgehead atoms. The maximum Gasteiger partial charge on any atom is 0.258 e. The van der Waals surface area contributed by atoms with E-state index in [9.17, 15) is 13.6 Å². The predicted molar refractivity (Wildman–Crippen MR) is 68.3 cm³/mol. The largest absolute Gasteiger partial charge is 0.321 e. The average Bonchev–Trinajstić information content (AvgIpc) is 2.38. The minimum Gasteiger partial charge on any atom is -0.321 e. The molecule has 19 heavy (non-hydrogen) atoms. The van der Waals surface area contributed by atoms with Gasteiger partial charge in [0.15, 0.2) is 5.82 Å². The zero-order valence-electron chi connectivity index (χ0n) is 9.88. The molecule has 0 atom stereocenters. The summed E-state index contributed by atoms with van der Waals surface area (Å²) in [5.74, 6) is -3.39. The smallest absolute Gasteiger partial charge is 0.258 e. The lowest BCUT2D eigenvalue weighted by molar-refractivity contribution is 0.102. The minimum absolute atomic E-state index is 0.336. The molecule has 0 saturated heterocycles. The van der Waals surface area contributed by atoms with Crippen molar-refractivity contribution in [3.05, 3.63) is 58.4 Å². The van der Waals surface area contributed by atoms with Crippen LogP contribution in [0.5, 0.6) is 0 Å². The molecule has 1 amide bonds. The van der Waals surface area contributed by atoms with Gasteiger partial charge < -0.3 is 5.32 Å². The minimum atomic E-state index is -1.32. The van der Waals surface area contributed by atoms with E-state index in [-0.39, 0.29) is 0 Å². The lowest BCUT2D eigenvalue weighted by atomic mass is 10.2. The molecule has 0 aliphatic heterocycles. The fraction of sp³-hybridized carbons (Fsp3) is 0.0769. The van der Waals surface area contributed by atoms with Gasteiger partial charge in [0.2, 0.25) is 5.95 Å². The summed E-state index contributed by atoms with van der Waals surface area (Å²) >= 11 is 6.00. The molecule has 2 aromatic rings. The molecule has 1 aromatic heterocycles. The van der Waals surface area contributed by atoms with E-state index in [1.165, 1.54) is 0 Å². The highest BCUT2D eigenvalue weighted by atomic mass is 35.5. The van der Waals surface area contributed by atoms with Crippen molar-refractivity contribution in [2.24, 2.45) is 0 Å². The molecular formula is C13H9ClF2N2O. The first-order valence-corrected chi connectivity index (χ1v) is 5.75. The molecule has 1 aromatic carbocycles. The number of amides is 1. The van der Waals surface area contributed by atoms with E-state index in [2.05, 4.69) is 10.3 Å². The molecule has 0 fully saturated rings. The van der Waals surface area contributed by atoms with E-state index in [1.807, 2.05) is 0 Å². The normalized spacial score (nSPS) is 10.3. The molecule has 98 valence electrons. The van der Waals surface area contributed by atoms with Crippen molar-refractivity contribution < 1.29 is 13.6 Å². The number of nitrogens with one attached hydrogen (secondary N) is 1. The zero-order chi connectivity index (χ0) is 14.0. The van der Waals surface area contributed by atoms with Gasteiger partial charge >= 0.3 is 0 Å². The Morgan fingerprint density at radius 1 is 1.32 bits per heavy atom. The second-order valence-corrected chi connectivity index (χ2v) is 4.23. The average molecular weight is 283 g/mol. The van der Waals surface area contributed by atoms with Crippen LogP contribution in [0, 0.1) is 18.7 Å². The van der Waals surface area contributed by atoms with E-state index >= 15 is 0 Å². The molecule has 0 aliphatic rings. The topological polar surface area (TPSA) is 42.0 Å². The summed E-state index contributed by atoms with van der Waals surface area (Å²) in [6.07, 6.45) is 1.02. The second-order valence-electron chi connectivity index (χ2n) is 3.85. The standard InChI is InChI=1S/C13H9ClF2N2O/c1-7-3-2-4-9(10(7)14)18-13(19)8-5-6-17-12(16)11(8)15/h2-6H,1H3,(H,18,19). The first-order valence-electron chi connectivity index (χ1n) is 5.37. The summed E-state index contributed by atoms with van der Waals surface area (Å²) in [4.78, 5) is 15.0. The molecule has 2 rings (SSSR count). The highest BCUT2D eigenvalue weighted by molar-refractivity contribution is 6.34. The Balaban J connectivity index is 2.31. The summed E-state index contributed by atoms with van der Waals surface area (Å²) in [5, 5.41) is 2.78. The maximum absolute atomic E-state index is 13.4. The number of hydrogen-bond acceptors (Lipinski definition) is 2. The summed E-state index contributed by atoms with van der Waals surface area (Å²) in [6.45, 7) is 1.77. The number of pyridine rings is 1. The third-order valence-electron chi connectivity index (χ3n) is 2.53. The van der Waals surface area contributed by atoms with Gasteiger partial charge in [-0.3, -0.25) is 4.79 Å². The van der Waals surface area contributed by atoms with Crippen LogP contribution < -0.4 is 5.32 Å². The number of benzene rings is 1. The van der Waals surface area contributed by atoms with E-state index in [0.717, 1.165) is 17.8 Å². The Kier molecular flexibility index (Phi) is 3.76. The molecule has 1 heterocycles. The molecule has 0 spiro atoms. The number of hydrogen-bond donors (Lipinski definition) is 1. The number of halogens is 3. The predicted octanol–water partition coefficient (Wildman–Crippen LogP) is 3.57. The molecule has 1 N–H and O–H groups in total. The van der Waals surface area contributed by atoms with E-state index < -0.39 is 23.2 Å². The lowest BCUT2D eigenvalue weighted by Crippen LogP contribution is -2.15. The third kappa shape index (κ3) is 2.71. The number of rotatable bonds is 2. The summed E-state index contributed by atoms with van der Waals surface area (Å²) in [7, 11) is 0. The number of aromatic nitrogens is 1. The van der Waals surface area contributed by atoms with Crippen molar-refractivity contribution in [3.8, 4) is 0 Å². The Morgan fingerprint density at radius 3 is 2.79 bits per heavy atom. The first-order chi connectivity index (χ1) is 9.00. The monoisotopic (exact) mass is 282 g/mol. The van der Waals surface area contributed by atoms with Crippen molar-refractivity contribution in [3.63, 3.8) is 0 Å². The van der Waals surface area contributed by atoms with Crippen LogP contribution in [0.1, 0.15) is 15.9 Å². The fourth-order valence-corrected chi connectivity index (χ4v) is 1.70. The number of aryl methyl sites for hydroxylation is 1. The molecule has 6 heteroatoms. The van der Waals surface area contributed by atoms with Crippen LogP contribution in [0.3, 0.4) is 0 Å². The van der Waals surface area contributed by atoms with Crippen molar-refractivity contribution >= 4 is 23.2 Å². The summed E-state index contributed by atoms with van der Waals surface area (Å²) < 4.78 is 26.3. The third-order valence-corrected chi connectivity index (χ3v) is 3.03. The SMILES string of the molecule is Cc1cccc(NC(=O)c2ccnc(F)c2F)c1Cl. The molecule has 3 nitrogen and oxygen atoms in total. The van der Waals surface area contributed by atoms with Crippen LogP contribution in [0.15, 0.2) is 30.5 Å². The summed E-state index contributed by atoms with van der Waals surface area (Å²) in [5.41, 5.74) is 0.675. The lowest BCUT2D eigenvalue weighted by Gasteiger charge is -2.09. The van der Waals surface area contributed by atoms with Crippen LogP contribution in [-0.2, 0) is 0 Å². The Hall–Kier alpha value is -2.01. The molecule has 0 radical (unpaired) electrons. The number of carbonyl (C=O) groups excluding carboxylic acids is 1. The highest BCUT2D eigenvalue weighted by Crippen LogP contribution is 2.25. The van der Waals surface area contributed by atoms with Crippen LogP contribution in [0.2, 0.25) is 5.02 Å². The van der Waals surface area contributed by atoms with Crippen molar-refractivity contribution in [2.75, 3.05) is 5.32 Å². The number of carbonyl (C=O) groups is 1. The van der Waals surface area contributed by atoms with Gasteiger partial charge in [-0.15, -0.1) is 0 Å².